The lowest BCUT2D eigenvalue weighted by atomic mass is 9.92. The van der Waals surface area contributed by atoms with Crippen LogP contribution in [-0.2, 0) is 0 Å². The number of aromatic nitrogens is 2. The molecule has 4 atom stereocenters. The third-order valence-corrected chi connectivity index (χ3v) is 11.4. The van der Waals surface area contributed by atoms with Gasteiger partial charge < -0.3 is 10.6 Å². The monoisotopic (exact) mass is 482 g/mol. The maximum Gasteiger partial charge on any atom is 0.112 e. The van der Waals surface area contributed by atoms with Crippen LogP contribution in [0.2, 0.25) is 13.1 Å². The van der Waals surface area contributed by atoms with Crippen molar-refractivity contribution >= 4 is 13.3 Å². The number of allylic oxidation sites excluding steroid dienone is 4. The summed E-state index contributed by atoms with van der Waals surface area (Å²) in [6.45, 7) is 13.5. The van der Waals surface area contributed by atoms with E-state index in [0.717, 1.165) is 29.9 Å². The van der Waals surface area contributed by atoms with E-state index in [0.29, 0.717) is 18.0 Å². The molecule has 4 nitrogen and oxygen atoms in total. The van der Waals surface area contributed by atoms with Gasteiger partial charge in [-0.15, -0.1) is 0 Å². The van der Waals surface area contributed by atoms with Crippen molar-refractivity contribution in [2.24, 2.45) is 0 Å². The molecule has 2 aromatic heterocycles. The number of hydrogen-bond donors (Lipinski definition) is 2. The first-order valence-electron chi connectivity index (χ1n) is 12.9. The van der Waals surface area contributed by atoms with Crippen molar-refractivity contribution in [3.05, 3.63) is 99.9 Å². The summed E-state index contributed by atoms with van der Waals surface area (Å²) in [6.07, 6.45) is 13.9. The highest BCUT2D eigenvalue weighted by atomic mass is 28.3. The summed E-state index contributed by atoms with van der Waals surface area (Å²) in [4.78, 5) is 9.79. The summed E-state index contributed by atoms with van der Waals surface area (Å²) in [5.74, 6) is 0.376. The van der Waals surface area contributed by atoms with E-state index in [1.165, 1.54) is 27.3 Å². The van der Waals surface area contributed by atoms with E-state index >= 15 is 0 Å². The lowest BCUT2D eigenvalue weighted by Gasteiger charge is -2.35. The molecular weight excluding hydrogens is 444 g/mol. The Kier molecular flexibility index (Phi) is 6.41. The number of rotatable bonds is 4. The molecule has 0 amide bonds. The molecule has 5 heterocycles. The van der Waals surface area contributed by atoms with Crippen LogP contribution in [0.15, 0.2) is 71.6 Å². The van der Waals surface area contributed by atoms with Gasteiger partial charge in [-0.2, -0.15) is 0 Å². The lowest BCUT2D eigenvalue weighted by molar-refractivity contribution is 0.501. The molecule has 0 spiro atoms. The molecule has 0 saturated carbocycles. The Balaban J connectivity index is 1.37. The van der Waals surface area contributed by atoms with Crippen LogP contribution in [0.1, 0.15) is 67.0 Å². The van der Waals surface area contributed by atoms with Gasteiger partial charge in [0.2, 0.25) is 0 Å². The SMILES string of the molecule is CC1=CC(c2cccc(C3=CC=C(C4C=CCC(c5cc(C)nc(C)c5)N4)[Si]3(C)C)n2)CC(C)N1. The van der Waals surface area contributed by atoms with Crippen molar-refractivity contribution in [1.29, 1.82) is 0 Å². The van der Waals surface area contributed by atoms with E-state index in [1.807, 2.05) is 0 Å². The standard InChI is InChI=1S/C30H38N4Si/c1-19-15-23(16-20(2)31-19)25-9-7-11-27(33-25)29-13-14-30(35(29,5)6)28-12-8-10-26(34-28)24-17-21(3)32-22(4)18-24/h7-9,11-15,17-18,20,23,26,28,31,34H,10,16H2,1-6H3. The Morgan fingerprint density at radius 2 is 1.77 bits per heavy atom. The fourth-order valence-corrected chi connectivity index (χ4v) is 9.14. The van der Waals surface area contributed by atoms with Gasteiger partial charge >= 0.3 is 0 Å². The highest BCUT2D eigenvalue weighted by Crippen LogP contribution is 2.40. The van der Waals surface area contributed by atoms with E-state index in [1.54, 1.807) is 0 Å². The average Bonchev–Trinajstić information content (AvgIpc) is 3.12. The van der Waals surface area contributed by atoms with Crippen LogP contribution in [0.4, 0.5) is 0 Å². The van der Waals surface area contributed by atoms with Crippen molar-refractivity contribution < 1.29 is 0 Å². The van der Waals surface area contributed by atoms with Gasteiger partial charge in [0.1, 0.15) is 8.07 Å². The fourth-order valence-electron chi connectivity index (χ4n) is 6.09. The van der Waals surface area contributed by atoms with Crippen molar-refractivity contribution in [2.75, 3.05) is 0 Å². The molecule has 0 saturated heterocycles. The summed E-state index contributed by atoms with van der Waals surface area (Å²) in [5.41, 5.74) is 7.11. The van der Waals surface area contributed by atoms with Gasteiger partial charge in [-0.3, -0.25) is 9.97 Å². The van der Waals surface area contributed by atoms with Crippen molar-refractivity contribution in [1.82, 2.24) is 20.6 Å². The molecule has 0 fully saturated rings. The largest absolute Gasteiger partial charge is 0.386 e. The fraction of sp³-hybridized carbons (Fsp3) is 0.400. The summed E-state index contributed by atoms with van der Waals surface area (Å²) >= 11 is 0. The zero-order valence-electron chi connectivity index (χ0n) is 21.9. The van der Waals surface area contributed by atoms with Gasteiger partial charge in [0.05, 0.1) is 5.69 Å². The topological polar surface area (TPSA) is 49.8 Å². The van der Waals surface area contributed by atoms with Gasteiger partial charge in [0.15, 0.2) is 0 Å². The molecule has 0 bridgehead atoms. The van der Waals surface area contributed by atoms with E-state index < -0.39 is 8.07 Å². The van der Waals surface area contributed by atoms with Crippen LogP contribution < -0.4 is 10.6 Å². The minimum absolute atomic E-state index is 0.261. The molecule has 0 aliphatic carbocycles. The summed E-state index contributed by atoms with van der Waals surface area (Å²) < 4.78 is 0. The highest BCUT2D eigenvalue weighted by Gasteiger charge is 2.39. The number of pyridine rings is 2. The Hall–Kier alpha value is -2.76. The summed E-state index contributed by atoms with van der Waals surface area (Å²) in [7, 11) is -1.87. The minimum Gasteiger partial charge on any atom is -0.386 e. The average molecular weight is 483 g/mol. The first kappa shape index (κ1) is 24.0. The lowest BCUT2D eigenvalue weighted by Crippen LogP contribution is -2.44. The van der Waals surface area contributed by atoms with Crippen LogP contribution in [0.5, 0.6) is 0 Å². The molecule has 5 rings (SSSR count). The third kappa shape index (κ3) is 4.84. The number of hydrogen-bond acceptors (Lipinski definition) is 4. The molecule has 35 heavy (non-hydrogen) atoms. The predicted molar refractivity (Wildman–Crippen MR) is 149 cm³/mol. The molecule has 0 radical (unpaired) electrons. The quantitative estimate of drug-likeness (QED) is 0.400. The van der Waals surface area contributed by atoms with Gasteiger partial charge in [-0.25, -0.2) is 0 Å². The second-order valence-electron chi connectivity index (χ2n) is 11.1. The second kappa shape index (κ2) is 9.36. The van der Waals surface area contributed by atoms with Crippen LogP contribution in [0.25, 0.3) is 5.20 Å². The molecule has 2 aromatic rings. The maximum absolute atomic E-state index is 5.22. The highest BCUT2D eigenvalue weighted by molar-refractivity contribution is 7.01. The Morgan fingerprint density at radius 3 is 2.51 bits per heavy atom. The normalized spacial score (nSPS) is 27.7. The van der Waals surface area contributed by atoms with Gasteiger partial charge in [0.25, 0.3) is 0 Å². The molecule has 5 heteroatoms. The van der Waals surface area contributed by atoms with Gasteiger partial charge in [-0.1, -0.05) is 54.7 Å². The Bertz CT molecular complexity index is 1230. The summed E-state index contributed by atoms with van der Waals surface area (Å²) in [6, 6.07) is 12.1. The van der Waals surface area contributed by atoms with Crippen LogP contribution in [0.3, 0.4) is 0 Å². The number of nitrogens with zero attached hydrogens (tertiary/aromatic N) is 2. The third-order valence-electron chi connectivity index (χ3n) is 7.71. The van der Waals surface area contributed by atoms with Gasteiger partial charge in [-0.05, 0) is 75.6 Å². The maximum atomic E-state index is 5.22. The van der Waals surface area contributed by atoms with E-state index in [-0.39, 0.29) is 6.04 Å². The van der Waals surface area contributed by atoms with Crippen LogP contribution in [0, 0.1) is 13.8 Å². The first-order valence-corrected chi connectivity index (χ1v) is 15.9. The molecule has 2 N–H and O–H groups in total. The smallest absolute Gasteiger partial charge is 0.112 e. The molecule has 3 aliphatic rings. The molecular formula is C30H38N4Si. The Morgan fingerprint density at radius 1 is 1.00 bits per heavy atom. The molecule has 4 unspecified atom stereocenters. The van der Waals surface area contributed by atoms with Gasteiger partial charge in [0, 0.05) is 46.8 Å². The number of aryl methyl sites for hydroxylation is 2. The van der Waals surface area contributed by atoms with Crippen LogP contribution in [-0.4, -0.2) is 30.1 Å². The number of nitrogens with one attached hydrogen (secondary N) is 2. The second-order valence-corrected chi connectivity index (χ2v) is 15.4. The molecule has 182 valence electrons. The zero-order valence-corrected chi connectivity index (χ0v) is 22.9. The summed E-state index contributed by atoms with van der Waals surface area (Å²) in [5, 5.41) is 10.5. The van der Waals surface area contributed by atoms with E-state index in [9.17, 15) is 0 Å². The van der Waals surface area contributed by atoms with Crippen LogP contribution >= 0.6 is 0 Å². The van der Waals surface area contributed by atoms with Crippen molar-refractivity contribution in [2.45, 2.75) is 77.7 Å². The van der Waals surface area contributed by atoms with E-state index in [4.69, 9.17) is 4.98 Å². The molecule has 3 aliphatic heterocycles. The predicted octanol–water partition coefficient (Wildman–Crippen LogP) is 6.23. The zero-order chi connectivity index (χ0) is 24.7. The molecule has 0 aromatic carbocycles. The van der Waals surface area contributed by atoms with E-state index in [2.05, 4.69) is 117 Å². The van der Waals surface area contributed by atoms with Crippen molar-refractivity contribution in [3.63, 3.8) is 0 Å². The first-order chi connectivity index (χ1) is 16.7. The Labute approximate surface area is 211 Å². The minimum atomic E-state index is -1.87. The van der Waals surface area contributed by atoms with Crippen molar-refractivity contribution in [3.8, 4) is 0 Å².